The summed E-state index contributed by atoms with van der Waals surface area (Å²) in [6.07, 6.45) is 0. The van der Waals surface area contributed by atoms with Gasteiger partial charge in [0.1, 0.15) is 10.7 Å². The van der Waals surface area contributed by atoms with E-state index in [2.05, 4.69) is 4.72 Å². The van der Waals surface area contributed by atoms with E-state index in [-0.39, 0.29) is 5.02 Å². The summed E-state index contributed by atoms with van der Waals surface area (Å²) in [4.78, 5) is -0.505. The summed E-state index contributed by atoms with van der Waals surface area (Å²) in [5.41, 5.74) is -2.49. The van der Waals surface area contributed by atoms with Gasteiger partial charge in [-0.3, -0.25) is 0 Å². The fourth-order valence-corrected chi connectivity index (χ4v) is 2.96. The molecule has 0 unspecified atom stereocenters. The van der Waals surface area contributed by atoms with Crippen LogP contribution in [0.2, 0.25) is 5.02 Å². The Balaban J connectivity index is 3.20. The van der Waals surface area contributed by atoms with Crippen LogP contribution in [0, 0.1) is 5.82 Å². The Hall–Kier alpha value is -0.690. The van der Waals surface area contributed by atoms with Crippen molar-refractivity contribution in [1.29, 1.82) is 0 Å². The lowest BCUT2D eigenvalue weighted by Gasteiger charge is -2.37. The van der Waals surface area contributed by atoms with Crippen LogP contribution in [0.4, 0.5) is 4.39 Å². The van der Waals surface area contributed by atoms with Crippen molar-refractivity contribution in [3.05, 3.63) is 29.0 Å². The SMILES string of the molecule is CC(C)(O)C(C)(C)NS(=O)(=O)c1ccc(Cl)cc1F. The van der Waals surface area contributed by atoms with Crippen LogP contribution in [0.5, 0.6) is 0 Å². The van der Waals surface area contributed by atoms with Crippen molar-refractivity contribution in [2.45, 2.75) is 43.7 Å². The predicted molar refractivity (Wildman–Crippen MR) is 72.1 cm³/mol. The summed E-state index contributed by atoms with van der Waals surface area (Å²) < 4.78 is 40.2. The van der Waals surface area contributed by atoms with Crippen molar-refractivity contribution in [3.63, 3.8) is 0 Å². The molecule has 4 nitrogen and oxygen atoms in total. The van der Waals surface area contributed by atoms with E-state index >= 15 is 0 Å². The number of hydrogen-bond donors (Lipinski definition) is 2. The van der Waals surface area contributed by atoms with E-state index in [9.17, 15) is 17.9 Å². The number of sulfonamides is 1. The molecule has 0 saturated carbocycles. The topological polar surface area (TPSA) is 66.4 Å². The highest BCUT2D eigenvalue weighted by molar-refractivity contribution is 7.89. The molecule has 1 aromatic carbocycles. The van der Waals surface area contributed by atoms with Crippen molar-refractivity contribution < 1.29 is 17.9 Å². The fraction of sp³-hybridized carbons (Fsp3) is 0.500. The summed E-state index contributed by atoms with van der Waals surface area (Å²) >= 11 is 5.58. The molecule has 2 N–H and O–H groups in total. The predicted octanol–water partition coefficient (Wildman–Crippen LogP) is 2.31. The van der Waals surface area contributed by atoms with Crippen LogP contribution in [0.15, 0.2) is 23.1 Å². The molecule has 0 bridgehead atoms. The molecule has 0 radical (unpaired) electrons. The number of halogens is 2. The van der Waals surface area contributed by atoms with Gasteiger partial charge in [0.15, 0.2) is 0 Å². The van der Waals surface area contributed by atoms with Gasteiger partial charge < -0.3 is 5.11 Å². The Morgan fingerprint density at radius 2 is 1.79 bits per heavy atom. The molecule has 0 amide bonds. The molecule has 0 atom stereocenters. The van der Waals surface area contributed by atoms with Gasteiger partial charge in [-0.05, 0) is 45.9 Å². The van der Waals surface area contributed by atoms with Gasteiger partial charge in [-0.25, -0.2) is 17.5 Å². The molecule has 108 valence electrons. The number of aliphatic hydroxyl groups is 1. The minimum atomic E-state index is -4.09. The van der Waals surface area contributed by atoms with Crippen molar-refractivity contribution in [1.82, 2.24) is 4.72 Å². The zero-order valence-corrected chi connectivity index (χ0v) is 12.7. The van der Waals surface area contributed by atoms with Crippen LogP contribution in [0.3, 0.4) is 0 Å². The molecule has 7 heteroatoms. The zero-order valence-electron chi connectivity index (χ0n) is 11.2. The van der Waals surface area contributed by atoms with E-state index in [4.69, 9.17) is 11.6 Å². The Labute approximate surface area is 117 Å². The average Bonchev–Trinajstić information content (AvgIpc) is 2.12. The van der Waals surface area contributed by atoms with Crippen LogP contribution in [0.1, 0.15) is 27.7 Å². The van der Waals surface area contributed by atoms with Gasteiger partial charge in [0.05, 0.1) is 11.1 Å². The average molecular weight is 310 g/mol. The van der Waals surface area contributed by atoms with Gasteiger partial charge in [0, 0.05) is 5.02 Å². The number of benzene rings is 1. The second-order valence-corrected chi connectivity index (χ2v) is 7.45. The zero-order chi connectivity index (χ0) is 15.1. The third kappa shape index (κ3) is 3.66. The third-order valence-electron chi connectivity index (χ3n) is 3.10. The Bertz CT molecular complexity index is 579. The Morgan fingerprint density at radius 3 is 2.21 bits per heavy atom. The van der Waals surface area contributed by atoms with E-state index in [1.165, 1.54) is 33.8 Å². The Morgan fingerprint density at radius 1 is 1.26 bits per heavy atom. The first-order chi connectivity index (χ1) is 8.37. The maximum absolute atomic E-state index is 13.7. The maximum Gasteiger partial charge on any atom is 0.244 e. The van der Waals surface area contributed by atoms with Gasteiger partial charge in [-0.1, -0.05) is 11.6 Å². The van der Waals surface area contributed by atoms with Gasteiger partial charge in [0.2, 0.25) is 10.0 Å². The largest absolute Gasteiger partial charge is 0.389 e. The van der Waals surface area contributed by atoms with Crippen LogP contribution >= 0.6 is 11.6 Å². The van der Waals surface area contributed by atoms with Gasteiger partial charge in [-0.2, -0.15) is 0 Å². The molecule has 0 saturated heterocycles. The smallest absolute Gasteiger partial charge is 0.244 e. The van der Waals surface area contributed by atoms with E-state index in [1.807, 2.05) is 0 Å². The maximum atomic E-state index is 13.7. The minimum absolute atomic E-state index is 0.109. The molecule has 0 aromatic heterocycles. The second-order valence-electron chi connectivity index (χ2n) is 5.36. The number of nitrogens with one attached hydrogen (secondary N) is 1. The number of hydrogen-bond acceptors (Lipinski definition) is 3. The molecule has 0 spiro atoms. The lowest BCUT2D eigenvalue weighted by molar-refractivity contribution is 0.00636. The van der Waals surface area contributed by atoms with E-state index in [0.717, 1.165) is 12.1 Å². The van der Waals surface area contributed by atoms with Crippen LogP contribution in [0.25, 0.3) is 0 Å². The van der Waals surface area contributed by atoms with Gasteiger partial charge in [0.25, 0.3) is 0 Å². The minimum Gasteiger partial charge on any atom is -0.389 e. The van der Waals surface area contributed by atoms with Crippen molar-refractivity contribution in [2.24, 2.45) is 0 Å². The van der Waals surface area contributed by atoms with Crippen molar-refractivity contribution in [3.8, 4) is 0 Å². The first-order valence-electron chi connectivity index (χ1n) is 5.58. The normalized spacial score (nSPS) is 13.6. The standard InChI is InChI=1S/C12H17ClFNO3S/c1-11(2,12(3,4)16)15-19(17,18)10-6-5-8(13)7-9(10)14/h5-7,15-16H,1-4H3. The van der Waals surface area contributed by atoms with Crippen molar-refractivity contribution >= 4 is 21.6 Å². The van der Waals surface area contributed by atoms with Crippen molar-refractivity contribution in [2.75, 3.05) is 0 Å². The molecule has 0 aliphatic carbocycles. The lowest BCUT2D eigenvalue weighted by atomic mass is 9.87. The fourth-order valence-electron chi connectivity index (χ4n) is 1.21. The quantitative estimate of drug-likeness (QED) is 0.897. The molecule has 19 heavy (non-hydrogen) atoms. The summed E-state index contributed by atoms with van der Waals surface area (Å²) in [6.45, 7) is 5.96. The third-order valence-corrected chi connectivity index (χ3v) is 5.03. The summed E-state index contributed by atoms with van der Waals surface area (Å²) in [7, 11) is -4.09. The van der Waals surface area contributed by atoms with Gasteiger partial charge >= 0.3 is 0 Å². The first kappa shape index (κ1) is 16.4. The monoisotopic (exact) mass is 309 g/mol. The summed E-state index contributed by atoms with van der Waals surface area (Å²) in [5.74, 6) is -0.938. The van der Waals surface area contributed by atoms with Gasteiger partial charge in [-0.15, -0.1) is 0 Å². The van der Waals surface area contributed by atoms with E-state index < -0.39 is 31.9 Å². The molecule has 0 aliphatic heterocycles. The highest BCUT2D eigenvalue weighted by Crippen LogP contribution is 2.25. The van der Waals surface area contributed by atoms with E-state index in [0.29, 0.717) is 0 Å². The molecular weight excluding hydrogens is 293 g/mol. The summed E-state index contributed by atoms with van der Waals surface area (Å²) in [6, 6.07) is 3.30. The van der Waals surface area contributed by atoms with Crippen LogP contribution in [-0.4, -0.2) is 24.7 Å². The van der Waals surface area contributed by atoms with Crippen LogP contribution < -0.4 is 4.72 Å². The highest BCUT2D eigenvalue weighted by Gasteiger charge is 2.39. The Kier molecular flexibility index (Phi) is 4.32. The summed E-state index contributed by atoms with van der Waals surface area (Å²) in [5, 5.41) is 10.0. The molecular formula is C12H17ClFNO3S. The molecule has 1 rings (SSSR count). The number of rotatable bonds is 4. The lowest BCUT2D eigenvalue weighted by Crippen LogP contribution is -2.57. The second kappa shape index (κ2) is 5.01. The molecule has 0 aliphatic rings. The van der Waals surface area contributed by atoms with E-state index in [1.54, 1.807) is 0 Å². The highest BCUT2D eigenvalue weighted by atomic mass is 35.5. The molecule has 0 heterocycles. The first-order valence-corrected chi connectivity index (χ1v) is 7.44. The van der Waals surface area contributed by atoms with Crippen LogP contribution in [-0.2, 0) is 10.0 Å². The molecule has 0 fully saturated rings. The molecule has 1 aromatic rings.